The normalized spacial score (nSPS) is 19.0. The number of halogens is 3. The van der Waals surface area contributed by atoms with Crippen molar-refractivity contribution in [2.75, 3.05) is 25.0 Å². The fourth-order valence-electron chi connectivity index (χ4n) is 2.41. The van der Waals surface area contributed by atoms with Gasteiger partial charge in [0.1, 0.15) is 5.82 Å². The number of likely N-dealkylation sites (tertiary alicyclic amines) is 1. The summed E-state index contributed by atoms with van der Waals surface area (Å²) in [5, 5.41) is 5.05. The molecule has 1 aliphatic rings. The molecular formula is C13H17F3N4O. The minimum absolute atomic E-state index is 0.0876. The molecule has 1 aromatic heterocycles. The molecule has 116 valence electrons. The lowest BCUT2D eigenvalue weighted by Gasteiger charge is -2.24. The van der Waals surface area contributed by atoms with Crippen LogP contribution >= 0.6 is 0 Å². The number of anilines is 1. The first kappa shape index (κ1) is 15.6. The zero-order valence-corrected chi connectivity index (χ0v) is 11.4. The van der Waals surface area contributed by atoms with Crippen LogP contribution in [0.5, 0.6) is 0 Å². The van der Waals surface area contributed by atoms with Gasteiger partial charge in [-0.15, -0.1) is 0 Å². The van der Waals surface area contributed by atoms with Crippen molar-refractivity contribution in [3.63, 3.8) is 0 Å². The molecule has 2 amide bonds. The first-order valence-corrected chi connectivity index (χ1v) is 6.72. The van der Waals surface area contributed by atoms with Crippen molar-refractivity contribution in [2.24, 2.45) is 0 Å². The summed E-state index contributed by atoms with van der Waals surface area (Å²) in [7, 11) is 0. The molecule has 1 aromatic rings. The average Bonchev–Trinajstić information content (AvgIpc) is 2.83. The van der Waals surface area contributed by atoms with Crippen LogP contribution in [0.4, 0.5) is 23.7 Å². The number of carbonyl (C=O) groups is 1. The van der Waals surface area contributed by atoms with Crippen molar-refractivity contribution in [2.45, 2.75) is 25.3 Å². The van der Waals surface area contributed by atoms with Crippen LogP contribution in [0.15, 0.2) is 18.5 Å². The lowest BCUT2D eigenvalue weighted by molar-refractivity contribution is 0.0826. The highest BCUT2D eigenvalue weighted by Crippen LogP contribution is 2.17. The number of carbonyl (C=O) groups excluding carboxylic acids is 1. The monoisotopic (exact) mass is 302 g/mol. The molecule has 5 nitrogen and oxygen atoms in total. The Morgan fingerprint density at radius 2 is 2.29 bits per heavy atom. The van der Waals surface area contributed by atoms with E-state index in [1.165, 1.54) is 6.20 Å². The molecule has 8 heteroatoms. The van der Waals surface area contributed by atoms with Gasteiger partial charge in [0.05, 0.1) is 24.6 Å². The summed E-state index contributed by atoms with van der Waals surface area (Å²) in [6.07, 6.45) is 1.59. The maximum atomic E-state index is 12.9. The Hall–Kier alpha value is -1.83. The van der Waals surface area contributed by atoms with Crippen molar-refractivity contribution in [1.82, 2.24) is 15.2 Å². The first-order valence-electron chi connectivity index (χ1n) is 6.72. The van der Waals surface area contributed by atoms with Crippen LogP contribution in [0.2, 0.25) is 0 Å². The van der Waals surface area contributed by atoms with Crippen LogP contribution in [-0.4, -0.2) is 48.0 Å². The molecule has 2 rings (SSSR count). The number of urea groups is 1. The standard InChI is InChI=1S/C13H17F3N4O/c14-9-4-10(6-17-5-9)19-13(21)18-7-11-2-1-3-20(11)8-12(15)16/h4-6,11-12H,1-3,7-8H2,(H2,18,19,21). The van der Waals surface area contributed by atoms with Gasteiger partial charge in [0.2, 0.25) is 0 Å². The Morgan fingerprint density at radius 3 is 3.00 bits per heavy atom. The average molecular weight is 302 g/mol. The summed E-state index contributed by atoms with van der Waals surface area (Å²) in [4.78, 5) is 17.0. The third-order valence-corrected chi connectivity index (χ3v) is 3.33. The summed E-state index contributed by atoms with van der Waals surface area (Å²) < 4.78 is 37.7. The number of aromatic nitrogens is 1. The van der Waals surface area contributed by atoms with Gasteiger partial charge in [-0.2, -0.15) is 0 Å². The van der Waals surface area contributed by atoms with Gasteiger partial charge in [0.25, 0.3) is 6.43 Å². The largest absolute Gasteiger partial charge is 0.336 e. The second-order valence-corrected chi connectivity index (χ2v) is 4.91. The molecular weight excluding hydrogens is 285 g/mol. The fourth-order valence-corrected chi connectivity index (χ4v) is 2.41. The van der Waals surface area contributed by atoms with Crippen LogP contribution in [-0.2, 0) is 0 Å². The van der Waals surface area contributed by atoms with E-state index in [4.69, 9.17) is 0 Å². The zero-order valence-electron chi connectivity index (χ0n) is 11.4. The van der Waals surface area contributed by atoms with Crippen LogP contribution < -0.4 is 10.6 Å². The predicted octanol–water partition coefficient (Wildman–Crippen LogP) is 2.07. The van der Waals surface area contributed by atoms with Crippen molar-refractivity contribution in [1.29, 1.82) is 0 Å². The molecule has 0 saturated carbocycles. The highest BCUT2D eigenvalue weighted by Gasteiger charge is 2.26. The Kier molecular flexibility index (Phi) is 5.38. The second-order valence-electron chi connectivity index (χ2n) is 4.91. The van der Waals surface area contributed by atoms with Gasteiger partial charge < -0.3 is 10.6 Å². The SMILES string of the molecule is O=C(NCC1CCCN1CC(F)F)Nc1cncc(F)c1. The highest BCUT2D eigenvalue weighted by molar-refractivity contribution is 5.88. The molecule has 1 unspecified atom stereocenters. The lowest BCUT2D eigenvalue weighted by atomic mass is 10.2. The van der Waals surface area contributed by atoms with Crippen LogP contribution in [0, 0.1) is 5.82 Å². The summed E-state index contributed by atoms with van der Waals surface area (Å²) in [5.74, 6) is -0.549. The number of pyridine rings is 1. The van der Waals surface area contributed by atoms with E-state index in [-0.39, 0.29) is 24.8 Å². The molecule has 1 atom stereocenters. The molecule has 0 bridgehead atoms. The van der Waals surface area contributed by atoms with Crippen molar-refractivity contribution in [3.05, 3.63) is 24.3 Å². The van der Waals surface area contributed by atoms with E-state index in [0.29, 0.717) is 6.54 Å². The van der Waals surface area contributed by atoms with E-state index in [2.05, 4.69) is 15.6 Å². The van der Waals surface area contributed by atoms with Gasteiger partial charge in [-0.25, -0.2) is 18.0 Å². The number of nitrogens with zero attached hydrogens (tertiary/aromatic N) is 2. The maximum absolute atomic E-state index is 12.9. The summed E-state index contributed by atoms with van der Waals surface area (Å²) in [5.41, 5.74) is 0.239. The van der Waals surface area contributed by atoms with Gasteiger partial charge in [0, 0.05) is 18.7 Å². The summed E-state index contributed by atoms with van der Waals surface area (Å²) >= 11 is 0. The van der Waals surface area contributed by atoms with E-state index >= 15 is 0 Å². The Bertz CT molecular complexity index is 486. The minimum atomic E-state index is -2.38. The number of hydrogen-bond acceptors (Lipinski definition) is 3. The van der Waals surface area contributed by atoms with Crippen LogP contribution in [0.25, 0.3) is 0 Å². The van der Waals surface area contributed by atoms with Gasteiger partial charge in [-0.3, -0.25) is 9.88 Å². The quantitative estimate of drug-likeness (QED) is 0.875. The number of nitrogens with one attached hydrogen (secondary N) is 2. The molecule has 0 aliphatic carbocycles. The Balaban J connectivity index is 1.78. The van der Waals surface area contributed by atoms with E-state index < -0.39 is 18.3 Å². The topological polar surface area (TPSA) is 57.3 Å². The van der Waals surface area contributed by atoms with Crippen LogP contribution in [0.1, 0.15) is 12.8 Å². The molecule has 21 heavy (non-hydrogen) atoms. The lowest BCUT2D eigenvalue weighted by Crippen LogP contribution is -2.43. The molecule has 2 heterocycles. The Labute approximate surface area is 120 Å². The third-order valence-electron chi connectivity index (χ3n) is 3.33. The van der Waals surface area contributed by atoms with Crippen molar-refractivity contribution < 1.29 is 18.0 Å². The molecule has 0 aromatic carbocycles. The van der Waals surface area contributed by atoms with E-state index in [1.807, 2.05) is 0 Å². The number of rotatable bonds is 5. The smallest absolute Gasteiger partial charge is 0.319 e. The fraction of sp³-hybridized carbons (Fsp3) is 0.538. The van der Waals surface area contributed by atoms with Gasteiger partial charge in [0.15, 0.2) is 0 Å². The van der Waals surface area contributed by atoms with Gasteiger partial charge in [-0.05, 0) is 19.4 Å². The first-order chi connectivity index (χ1) is 10.0. The highest BCUT2D eigenvalue weighted by atomic mass is 19.3. The number of hydrogen-bond donors (Lipinski definition) is 2. The minimum Gasteiger partial charge on any atom is -0.336 e. The molecule has 1 fully saturated rings. The van der Waals surface area contributed by atoms with E-state index in [0.717, 1.165) is 25.1 Å². The number of alkyl halides is 2. The van der Waals surface area contributed by atoms with Crippen LogP contribution in [0.3, 0.4) is 0 Å². The van der Waals surface area contributed by atoms with Gasteiger partial charge >= 0.3 is 6.03 Å². The number of amides is 2. The second kappa shape index (κ2) is 7.26. The van der Waals surface area contributed by atoms with E-state index in [1.54, 1.807) is 4.90 Å². The Morgan fingerprint density at radius 1 is 1.48 bits per heavy atom. The summed E-state index contributed by atoms with van der Waals surface area (Å²) in [6, 6.07) is 0.548. The third kappa shape index (κ3) is 4.89. The van der Waals surface area contributed by atoms with Crippen molar-refractivity contribution in [3.8, 4) is 0 Å². The molecule has 0 spiro atoms. The predicted molar refractivity (Wildman–Crippen MR) is 71.8 cm³/mol. The molecule has 1 aliphatic heterocycles. The molecule has 1 saturated heterocycles. The van der Waals surface area contributed by atoms with Gasteiger partial charge in [-0.1, -0.05) is 0 Å². The van der Waals surface area contributed by atoms with E-state index in [9.17, 15) is 18.0 Å². The zero-order chi connectivity index (χ0) is 15.2. The van der Waals surface area contributed by atoms with Crippen molar-refractivity contribution >= 4 is 11.7 Å². The molecule has 0 radical (unpaired) electrons. The summed E-state index contributed by atoms with van der Waals surface area (Å²) in [6.45, 7) is 0.620. The molecule has 2 N–H and O–H groups in total. The maximum Gasteiger partial charge on any atom is 0.319 e.